The van der Waals surface area contributed by atoms with E-state index >= 15 is 0 Å². The summed E-state index contributed by atoms with van der Waals surface area (Å²) < 4.78 is 29.6. The third-order valence-electron chi connectivity index (χ3n) is 2.95. The van der Waals surface area contributed by atoms with E-state index in [0.29, 0.717) is 0 Å². The molecule has 3 aromatic rings. The van der Waals surface area contributed by atoms with Gasteiger partial charge in [0.1, 0.15) is 5.75 Å². The van der Waals surface area contributed by atoms with Gasteiger partial charge in [0.15, 0.2) is 5.13 Å². The van der Waals surface area contributed by atoms with Crippen molar-refractivity contribution >= 4 is 32.4 Å². The molecule has 0 aliphatic heterocycles. The Morgan fingerprint density at radius 1 is 1.14 bits per heavy atom. The molecule has 0 saturated carbocycles. The van der Waals surface area contributed by atoms with E-state index in [4.69, 9.17) is 0 Å². The summed E-state index contributed by atoms with van der Waals surface area (Å²) in [5.41, 5.74) is 2.87. The highest BCUT2D eigenvalue weighted by Gasteiger charge is 2.07. The standard InChI is InChI=1S/C15H12F2N2OS/c1-9-3-2-4-12-13(9)19-15(21-12)18-10-5-7-11(8-6-10)20-14(16)17/h2-8,14H,1H3,(H,18,19). The molecular weight excluding hydrogens is 294 g/mol. The van der Waals surface area contributed by atoms with Crippen molar-refractivity contribution in [2.45, 2.75) is 13.5 Å². The number of hydrogen-bond acceptors (Lipinski definition) is 4. The van der Waals surface area contributed by atoms with Gasteiger partial charge in [0, 0.05) is 5.69 Å². The van der Waals surface area contributed by atoms with Gasteiger partial charge in [-0.2, -0.15) is 8.78 Å². The highest BCUT2D eigenvalue weighted by Crippen LogP contribution is 2.30. The Labute approximate surface area is 124 Å². The summed E-state index contributed by atoms with van der Waals surface area (Å²) in [7, 11) is 0. The molecule has 108 valence electrons. The second-order valence-corrected chi connectivity index (χ2v) is 5.50. The van der Waals surface area contributed by atoms with Crippen LogP contribution in [-0.4, -0.2) is 11.6 Å². The van der Waals surface area contributed by atoms with Crippen LogP contribution in [0.15, 0.2) is 42.5 Å². The number of anilines is 2. The Bertz CT molecular complexity index is 756. The molecule has 3 nitrogen and oxygen atoms in total. The predicted octanol–water partition coefficient (Wildman–Crippen LogP) is 4.95. The molecule has 2 aromatic carbocycles. The first-order valence-electron chi connectivity index (χ1n) is 6.30. The van der Waals surface area contributed by atoms with Gasteiger partial charge in [-0.1, -0.05) is 23.5 Å². The minimum absolute atomic E-state index is 0.135. The van der Waals surface area contributed by atoms with E-state index in [9.17, 15) is 8.78 Å². The number of halogens is 2. The van der Waals surface area contributed by atoms with E-state index in [2.05, 4.69) is 15.0 Å². The number of ether oxygens (including phenoxy) is 1. The Hall–Kier alpha value is -2.21. The fourth-order valence-electron chi connectivity index (χ4n) is 1.98. The molecule has 0 bridgehead atoms. The fraction of sp³-hybridized carbons (Fsp3) is 0.133. The van der Waals surface area contributed by atoms with Crippen molar-refractivity contribution < 1.29 is 13.5 Å². The Morgan fingerprint density at radius 3 is 2.57 bits per heavy atom. The molecule has 21 heavy (non-hydrogen) atoms. The lowest BCUT2D eigenvalue weighted by atomic mass is 10.2. The molecule has 0 amide bonds. The summed E-state index contributed by atoms with van der Waals surface area (Å²) in [4.78, 5) is 4.53. The van der Waals surface area contributed by atoms with Gasteiger partial charge in [-0.3, -0.25) is 0 Å². The highest BCUT2D eigenvalue weighted by molar-refractivity contribution is 7.22. The molecular formula is C15H12F2N2OS. The number of aromatic nitrogens is 1. The third-order valence-corrected chi connectivity index (χ3v) is 3.89. The summed E-state index contributed by atoms with van der Waals surface area (Å²) in [6.07, 6.45) is 0. The van der Waals surface area contributed by atoms with Gasteiger partial charge < -0.3 is 10.1 Å². The zero-order valence-electron chi connectivity index (χ0n) is 11.1. The number of rotatable bonds is 4. The molecule has 1 N–H and O–H groups in total. The predicted molar refractivity (Wildman–Crippen MR) is 80.7 cm³/mol. The van der Waals surface area contributed by atoms with E-state index in [0.717, 1.165) is 26.6 Å². The van der Waals surface area contributed by atoms with E-state index in [1.165, 1.54) is 12.1 Å². The van der Waals surface area contributed by atoms with Crippen LogP contribution in [0.4, 0.5) is 19.6 Å². The van der Waals surface area contributed by atoms with Crippen molar-refractivity contribution in [3.63, 3.8) is 0 Å². The van der Waals surface area contributed by atoms with Crippen LogP contribution >= 0.6 is 11.3 Å². The van der Waals surface area contributed by atoms with E-state index in [1.54, 1.807) is 23.5 Å². The first-order chi connectivity index (χ1) is 10.1. The number of para-hydroxylation sites is 1. The Balaban J connectivity index is 1.80. The molecule has 0 radical (unpaired) electrons. The SMILES string of the molecule is Cc1cccc2sc(Nc3ccc(OC(F)F)cc3)nc12. The number of aryl methyl sites for hydroxylation is 1. The third kappa shape index (κ3) is 3.11. The Kier molecular flexibility index (Phi) is 3.70. The summed E-state index contributed by atoms with van der Waals surface area (Å²) in [5, 5.41) is 3.93. The fourth-order valence-corrected chi connectivity index (χ4v) is 2.95. The summed E-state index contributed by atoms with van der Waals surface area (Å²) in [6, 6.07) is 12.4. The van der Waals surface area contributed by atoms with Gasteiger partial charge in [-0.25, -0.2) is 4.98 Å². The van der Waals surface area contributed by atoms with Crippen molar-refractivity contribution in [3.8, 4) is 5.75 Å². The summed E-state index contributed by atoms with van der Waals surface area (Å²) >= 11 is 1.55. The molecule has 0 unspecified atom stereocenters. The normalized spacial score (nSPS) is 11.0. The molecule has 0 atom stereocenters. The number of fused-ring (bicyclic) bond motifs is 1. The molecule has 0 aliphatic rings. The number of benzene rings is 2. The molecule has 3 rings (SSSR count). The van der Waals surface area contributed by atoms with Gasteiger partial charge in [-0.05, 0) is 42.8 Å². The number of nitrogens with one attached hydrogen (secondary N) is 1. The zero-order chi connectivity index (χ0) is 14.8. The number of thiazole rings is 1. The van der Waals surface area contributed by atoms with E-state index < -0.39 is 6.61 Å². The van der Waals surface area contributed by atoms with Gasteiger partial charge in [0.05, 0.1) is 10.2 Å². The second-order valence-electron chi connectivity index (χ2n) is 4.47. The molecule has 0 spiro atoms. The molecule has 6 heteroatoms. The quantitative estimate of drug-likeness (QED) is 0.740. The first-order valence-corrected chi connectivity index (χ1v) is 7.11. The zero-order valence-corrected chi connectivity index (χ0v) is 12.0. The van der Waals surface area contributed by atoms with Gasteiger partial charge in [0.25, 0.3) is 0 Å². The van der Waals surface area contributed by atoms with Crippen LogP contribution in [0.5, 0.6) is 5.75 Å². The van der Waals surface area contributed by atoms with Crippen LogP contribution in [0, 0.1) is 6.92 Å². The van der Waals surface area contributed by atoms with Gasteiger partial charge in [-0.15, -0.1) is 0 Å². The lowest BCUT2D eigenvalue weighted by Crippen LogP contribution is -2.01. The first kappa shape index (κ1) is 13.8. The van der Waals surface area contributed by atoms with Crippen LogP contribution in [0.2, 0.25) is 0 Å². The van der Waals surface area contributed by atoms with Crippen LogP contribution in [-0.2, 0) is 0 Å². The Morgan fingerprint density at radius 2 is 1.90 bits per heavy atom. The second kappa shape index (κ2) is 5.65. The van der Waals surface area contributed by atoms with Crippen LogP contribution in [0.25, 0.3) is 10.2 Å². The van der Waals surface area contributed by atoms with Crippen molar-refractivity contribution in [1.29, 1.82) is 0 Å². The minimum Gasteiger partial charge on any atom is -0.435 e. The summed E-state index contributed by atoms with van der Waals surface area (Å²) in [6.45, 7) is -0.793. The largest absolute Gasteiger partial charge is 0.435 e. The number of nitrogens with zero attached hydrogens (tertiary/aromatic N) is 1. The maximum absolute atomic E-state index is 12.1. The topological polar surface area (TPSA) is 34.1 Å². The van der Waals surface area contributed by atoms with E-state index in [1.807, 2.05) is 25.1 Å². The maximum atomic E-state index is 12.1. The van der Waals surface area contributed by atoms with Crippen LogP contribution in [0.1, 0.15) is 5.56 Å². The van der Waals surface area contributed by atoms with Crippen molar-refractivity contribution in [2.24, 2.45) is 0 Å². The van der Waals surface area contributed by atoms with Gasteiger partial charge in [0.2, 0.25) is 0 Å². The molecule has 1 heterocycles. The van der Waals surface area contributed by atoms with Crippen LogP contribution < -0.4 is 10.1 Å². The van der Waals surface area contributed by atoms with Crippen molar-refractivity contribution in [2.75, 3.05) is 5.32 Å². The lowest BCUT2D eigenvalue weighted by Gasteiger charge is -2.06. The smallest absolute Gasteiger partial charge is 0.387 e. The molecule has 0 fully saturated rings. The van der Waals surface area contributed by atoms with Crippen molar-refractivity contribution in [3.05, 3.63) is 48.0 Å². The lowest BCUT2D eigenvalue weighted by molar-refractivity contribution is -0.0498. The average molecular weight is 306 g/mol. The minimum atomic E-state index is -2.81. The number of alkyl halides is 2. The molecule has 1 aromatic heterocycles. The van der Waals surface area contributed by atoms with Crippen LogP contribution in [0.3, 0.4) is 0 Å². The highest BCUT2D eigenvalue weighted by atomic mass is 32.1. The van der Waals surface area contributed by atoms with E-state index in [-0.39, 0.29) is 5.75 Å². The summed E-state index contributed by atoms with van der Waals surface area (Å²) in [5.74, 6) is 0.135. The monoisotopic (exact) mass is 306 g/mol. The molecule has 0 saturated heterocycles. The molecule has 0 aliphatic carbocycles. The van der Waals surface area contributed by atoms with Crippen molar-refractivity contribution in [1.82, 2.24) is 4.98 Å². The number of hydrogen-bond donors (Lipinski definition) is 1. The maximum Gasteiger partial charge on any atom is 0.387 e. The van der Waals surface area contributed by atoms with Gasteiger partial charge >= 0.3 is 6.61 Å². The average Bonchev–Trinajstić information content (AvgIpc) is 2.84.